The Morgan fingerprint density at radius 2 is 1.80 bits per heavy atom. The summed E-state index contributed by atoms with van der Waals surface area (Å²) in [5, 5.41) is 2.82. The number of rotatable bonds is 6. The zero-order chi connectivity index (χ0) is 18.4. The van der Waals surface area contributed by atoms with Crippen molar-refractivity contribution in [3.63, 3.8) is 0 Å². The predicted octanol–water partition coefficient (Wildman–Crippen LogP) is 3.89. The highest BCUT2D eigenvalue weighted by Gasteiger charge is 2.17. The molecule has 0 saturated carbocycles. The Labute approximate surface area is 148 Å². The van der Waals surface area contributed by atoms with E-state index < -0.39 is 12.1 Å². The number of aryl methyl sites for hydroxylation is 2. The number of amides is 1. The summed E-state index contributed by atoms with van der Waals surface area (Å²) in [6.07, 6.45) is -0.674. The average Bonchev–Trinajstić information content (AvgIpc) is 2.59. The summed E-state index contributed by atoms with van der Waals surface area (Å²) >= 11 is 0. The molecule has 0 aromatic heterocycles. The van der Waals surface area contributed by atoms with E-state index in [9.17, 15) is 9.59 Å². The number of ether oxygens (including phenoxy) is 2. The Bertz CT molecular complexity index is 770. The third-order valence-electron chi connectivity index (χ3n) is 3.77. The molecule has 0 radical (unpaired) electrons. The fourth-order valence-corrected chi connectivity index (χ4v) is 2.27. The molecule has 0 bridgehead atoms. The molecular formula is C20H23NO4. The van der Waals surface area contributed by atoms with Crippen LogP contribution in [0.3, 0.4) is 0 Å². The van der Waals surface area contributed by atoms with Gasteiger partial charge in [0.15, 0.2) is 6.10 Å². The summed E-state index contributed by atoms with van der Waals surface area (Å²) in [5.41, 5.74) is 2.78. The standard InChI is InChI=1S/C20H23NO4/c1-5-24-20(23)16-11-10-13(2)17(12-16)21-19(22)15(4)25-18-9-7-6-8-14(18)3/h6-12,15H,5H2,1-4H3,(H,21,22). The number of hydrogen-bond donors (Lipinski definition) is 1. The summed E-state index contributed by atoms with van der Waals surface area (Å²) in [5.74, 6) is -0.0308. The van der Waals surface area contributed by atoms with Crippen molar-refractivity contribution < 1.29 is 19.1 Å². The van der Waals surface area contributed by atoms with Gasteiger partial charge in [0.1, 0.15) is 5.75 Å². The molecule has 0 aliphatic carbocycles. The molecule has 0 fully saturated rings. The topological polar surface area (TPSA) is 64.6 Å². The highest BCUT2D eigenvalue weighted by atomic mass is 16.5. The summed E-state index contributed by atoms with van der Waals surface area (Å²) in [4.78, 5) is 24.3. The second-order valence-corrected chi connectivity index (χ2v) is 5.76. The van der Waals surface area contributed by atoms with Crippen molar-refractivity contribution in [2.24, 2.45) is 0 Å². The van der Waals surface area contributed by atoms with Gasteiger partial charge in [0, 0.05) is 5.69 Å². The van der Waals surface area contributed by atoms with Crippen molar-refractivity contribution in [2.75, 3.05) is 11.9 Å². The van der Waals surface area contributed by atoms with Crippen LogP contribution in [0.5, 0.6) is 5.75 Å². The van der Waals surface area contributed by atoms with Gasteiger partial charge in [-0.3, -0.25) is 4.79 Å². The molecule has 2 aromatic carbocycles. The van der Waals surface area contributed by atoms with Crippen LogP contribution in [-0.4, -0.2) is 24.6 Å². The minimum atomic E-state index is -0.674. The molecule has 5 heteroatoms. The van der Waals surface area contributed by atoms with Crippen LogP contribution in [0.4, 0.5) is 5.69 Å². The van der Waals surface area contributed by atoms with Crippen molar-refractivity contribution in [3.8, 4) is 5.75 Å². The monoisotopic (exact) mass is 341 g/mol. The predicted molar refractivity (Wildman–Crippen MR) is 97.0 cm³/mol. The number of carbonyl (C=O) groups is 2. The van der Waals surface area contributed by atoms with Gasteiger partial charge >= 0.3 is 5.97 Å². The molecule has 0 aliphatic heterocycles. The highest BCUT2D eigenvalue weighted by Crippen LogP contribution is 2.20. The molecule has 2 aromatic rings. The quantitative estimate of drug-likeness (QED) is 0.810. The summed E-state index contributed by atoms with van der Waals surface area (Å²) in [6, 6.07) is 12.6. The molecule has 25 heavy (non-hydrogen) atoms. The van der Waals surface area contributed by atoms with Gasteiger partial charge in [-0.1, -0.05) is 24.3 Å². The molecule has 1 unspecified atom stereocenters. The second-order valence-electron chi connectivity index (χ2n) is 5.76. The van der Waals surface area contributed by atoms with E-state index in [1.54, 1.807) is 32.0 Å². The number of benzene rings is 2. The second kappa shape index (κ2) is 8.33. The van der Waals surface area contributed by atoms with Gasteiger partial charge in [-0.2, -0.15) is 0 Å². The smallest absolute Gasteiger partial charge is 0.338 e. The molecule has 0 saturated heterocycles. The van der Waals surface area contributed by atoms with Crippen LogP contribution in [0.15, 0.2) is 42.5 Å². The molecule has 2 rings (SSSR count). The SMILES string of the molecule is CCOC(=O)c1ccc(C)c(NC(=O)C(C)Oc2ccccc2C)c1. The third kappa shape index (κ3) is 4.83. The first kappa shape index (κ1) is 18.5. The molecule has 1 N–H and O–H groups in total. The Hall–Kier alpha value is -2.82. The van der Waals surface area contributed by atoms with Crippen molar-refractivity contribution in [3.05, 3.63) is 59.2 Å². The van der Waals surface area contributed by atoms with E-state index in [1.807, 2.05) is 38.1 Å². The van der Waals surface area contributed by atoms with Crippen molar-refractivity contribution in [1.29, 1.82) is 0 Å². The largest absolute Gasteiger partial charge is 0.481 e. The lowest BCUT2D eigenvalue weighted by Gasteiger charge is -2.17. The van der Waals surface area contributed by atoms with Crippen LogP contribution < -0.4 is 10.1 Å². The number of nitrogens with one attached hydrogen (secondary N) is 1. The minimum absolute atomic E-state index is 0.285. The summed E-state index contributed by atoms with van der Waals surface area (Å²) < 4.78 is 10.7. The first-order valence-electron chi connectivity index (χ1n) is 8.23. The molecular weight excluding hydrogens is 318 g/mol. The maximum absolute atomic E-state index is 12.4. The normalized spacial score (nSPS) is 11.5. The van der Waals surface area contributed by atoms with Gasteiger partial charge in [0.25, 0.3) is 5.91 Å². The van der Waals surface area contributed by atoms with E-state index in [0.29, 0.717) is 23.6 Å². The lowest BCUT2D eigenvalue weighted by Crippen LogP contribution is -2.30. The lowest BCUT2D eigenvalue weighted by molar-refractivity contribution is -0.122. The molecule has 0 heterocycles. The number of carbonyl (C=O) groups excluding carboxylic acids is 2. The first-order valence-corrected chi connectivity index (χ1v) is 8.23. The van der Waals surface area contributed by atoms with Crippen LogP contribution in [0.25, 0.3) is 0 Å². The molecule has 1 atom stereocenters. The van der Waals surface area contributed by atoms with Crippen LogP contribution in [0, 0.1) is 13.8 Å². The molecule has 0 spiro atoms. The van der Waals surface area contributed by atoms with E-state index in [1.165, 1.54) is 0 Å². The van der Waals surface area contributed by atoms with E-state index in [4.69, 9.17) is 9.47 Å². The molecule has 5 nitrogen and oxygen atoms in total. The average molecular weight is 341 g/mol. The summed E-state index contributed by atoms with van der Waals surface area (Å²) in [6.45, 7) is 7.52. The number of anilines is 1. The fraction of sp³-hybridized carbons (Fsp3) is 0.300. The van der Waals surface area contributed by atoms with Crippen molar-refractivity contribution in [2.45, 2.75) is 33.8 Å². The fourth-order valence-electron chi connectivity index (χ4n) is 2.27. The maximum Gasteiger partial charge on any atom is 0.338 e. The number of esters is 1. The number of hydrogen-bond acceptors (Lipinski definition) is 4. The van der Waals surface area contributed by atoms with E-state index >= 15 is 0 Å². The van der Waals surface area contributed by atoms with Gasteiger partial charge in [-0.15, -0.1) is 0 Å². The van der Waals surface area contributed by atoms with Crippen LogP contribution >= 0.6 is 0 Å². The van der Waals surface area contributed by atoms with E-state index in [-0.39, 0.29) is 5.91 Å². The summed E-state index contributed by atoms with van der Waals surface area (Å²) in [7, 11) is 0. The molecule has 0 aliphatic rings. The lowest BCUT2D eigenvalue weighted by atomic mass is 10.1. The van der Waals surface area contributed by atoms with Gasteiger partial charge < -0.3 is 14.8 Å². The maximum atomic E-state index is 12.4. The van der Waals surface area contributed by atoms with Crippen LogP contribution in [-0.2, 0) is 9.53 Å². The Morgan fingerprint density at radius 3 is 2.48 bits per heavy atom. The first-order chi connectivity index (χ1) is 11.9. The third-order valence-corrected chi connectivity index (χ3v) is 3.77. The van der Waals surface area contributed by atoms with Gasteiger partial charge in [-0.05, 0) is 57.0 Å². The zero-order valence-electron chi connectivity index (χ0n) is 15.0. The highest BCUT2D eigenvalue weighted by molar-refractivity contribution is 5.97. The Kier molecular flexibility index (Phi) is 6.17. The van der Waals surface area contributed by atoms with Gasteiger partial charge in [0.05, 0.1) is 12.2 Å². The Morgan fingerprint density at radius 1 is 1.08 bits per heavy atom. The van der Waals surface area contributed by atoms with Crippen LogP contribution in [0.2, 0.25) is 0 Å². The van der Waals surface area contributed by atoms with Crippen molar-refractivity contribution in [1.82, 2.24) is 0 Å². The van der Waals surface area contributed by atoms with Crippen molar-refractivity contribution >= 4 is 17.6 Å². The molecule has 1 amide bonds. The number of para-hydroxylation sites is 1. The molecule has 132 valence electrons. The van der Waals surface area contributed by atoms with Crippen LogP contribution in [0.1, 0.15) is 35.3 Å². The zero-order valence-corrected chi connectivity index (χ0v) is 15.0. The van der Waals surface area contributed by atoms with E-state index in [0.717, 1.165) is 11.1 Å². The minimum Gasteiger partial charge on any atom is -0.481 e. The Balaban J connectivity index is 2.10. The van der Waals surface area contributed by atoms with Gasteiger partial charge in [-0.25, -0.2) is 4.79 Å². The van der Waals surface area contributed by atoms with Gasteiger partial charge in [0.2, 0.25) is 0 Å². The van der Waals surface area contributed by atoms with E-state index in [2.05, 4.69) is 5.32 Å².